The smallest absolute Gasteiger partial charge is 0.284 e. The van der Waals surface area contributed by atoms with Gasteiger partial charge in [0, 0.05) is 132 Å². The van der Waals surface area contributed by atoms with Gasteiger partial charge in [-0.3, -0.25) is 74.0 Å². The normalized spacial score (nSPS) is 16.5. The van der Waals surface area contributed by atoms with Gasteiger partial charge >= 0.3 is 0 Å². The quantitative estimate of drug-likeness (QED) is 0.0141. The summed E-state index contributed by atoms with van der Waals surface area (Å²) in [6.07, 6.45) is 40.2. The number of hydrogen-bond acceptors (Lipinski definition) is 21. The van der Waals surface area contributed by atoms with Crippen molar-refractivity contribution in [1.29, 1.82) is 0 Å². The minimum Gasteiger partial charge on any atom is -0.398 e. The number of benzene rings is 8. The Morgan fingerprint density at radius 3 is 1.31 bits per heavy atom. The number of aryl methyl sites for hydroxylation is 13. The number of nitrogens with two attached hydrogens (primary N) is 2. The maximum absolute atomic E-state index is 11.7. The second kappa shape index (κ2) is 53.1. The monoisotopic (exact) mass is 2270 g/mol. The van der Waals surface area contributed by atoms with Crippen LogP contribution in [0.15, 0.2) is 108 Å². The Morgan fingerprint density at radius 2 is 0.797 bits per heavy atom. The number of alkyl halides is 2. The van der Waals surface area contributed by atoms with Crippen molar-refractivity contribution in [2.45, 2.75) is 304 Å². The summed E-state index contributed by atoms with van der Waals surface area (Å²) in [5, 5.41) is 53.9. The molecule has 0 amide bonds. The fourth-order valence-electron chi connectivity index (χ4n) is 21.8. The lowest BCUT2D eigenvalue weighted by Crippen LogP contribution is -2.39. The number of rotatable bonds is 13. The molecule has 0 atom stereocenters. The number of ketones is 6. The van der Waals surface area contributed by atoms with Crippen LogP contribution in [0.1, 0.15) is 331 Å². The molecule has 8 aromatic rings. The summed E-state index contributed by atoms with van der Waals surface area (Å²) < 4.78 is 0.689. The van der Waals surface area contributed by atoms with E-state index in [9.17, 15) is 78.9 Å². The van der Waals surface area contributed by atoms with E-state index in [4.69, 9.17) is 51.4 Å². The van der Waals surface area contributed by atoms with E-state index in [-0.39, 0.29) is 94.3 Å². The molecule has 0 bridgehead atoms. The lowest BCUT2D eigenvalue weighted by atomic mass is 9.96. The van der Waals surface area contributed by atoms with E-state index in [0.717, 1.165) is 194 Å². The highest BCUT2D eigenvalue weighted by molar-refractivity contribution is 9.15. The molecular weight excluding hydrogens is 2150 g/mol. The van der Waals surface area contributed by atoms with Crippen LogP contribution in [0.2, 0.25) is 0 Å². The Labute approximate surface area is 885 Å². The number of carbonyl (C=O) groups is 7. The van der Waals surface area contributed by atoms with Gasteiger partial charge in [-0.2, -0.15) is 0 Å². The molecule has 0 saturated carbocycles. The Balaban J connectivity index is 0.000000163. The number of nitrogen functional groups attached to an aromatic ring is 2. The third kappa shape index (κ3) is 27.0. The van der Waals surface area contributed by atoms with Crippen LogP contribution in [0.5, 0.6) is 0 Å². The van der Waals surface area contributed by atoms with Gasteiger partial charge in [0.2, 0.25) is 11.0 Å². The number of anilines is 2. The van der Waals surface area contributed by atoms with Crippen molar-refractivity contribution in [3.63, 3.8) is 0 Å². The van der Waals surface area contributed by atoms with Crippen molar-refractivity contribution in [1.82, 2.24) is 0 Å². The number of allylic oxidation sites excluding steroid dienone is 2. The summed E-state index contributed by atoms with van der Waals surface area (Å²) in [7, 11) is 0. The highest BCUT2D eigenvalue weighted by atomic mass is 79.9. The zero-order valence-electron chi connectivity index (χ0n) is 80.9. The van der Waals surface area contributed by atoms with E-state index in [1.807, 2.05) is 30.3 Å². The molecule has 0 fully saturated rings. The number of aliphatic hydroxyl groups is 1. The van der Waals surface area contributed by atoms with Crippen LogP contribution < -0.4 is 11.5 Å². The van der Waals surface area contributed by atoms with Crippen LogP contribution in [0, 0.1) is 51.3 Å². The zero-order valence-corrected chi connectivity index (χ0v) is 89.5. The van der Waals surface area contributed by atoms with Crippen LogP contribution >= 0.6 is 98.5 Å². The summed E-state index contributed by atoms with van der Waals surface area (Å²) in [6, 6.07) is 29.7. The standard InChI is InChI=1S/C12H13ClO.C12H14N2O2.2C12H11NO3.C12H15N.2C12H12O.C9H10.C7H3Br4NO3.C5H11NO2.C3H4Cl2O.C2H6O.CH4.H2/c13-7-6-12(14)11-5-4-9-2-1-3-10(9)8-11;13-11-7-3-1-5-9(7)12(14(15)16)10-6-2-4-8(10)11;14-10-5-4-8-6-7-2-1-3-9(7)12(11(8)10)13(15)16;14-11-5-4-9-10(11)6-7-2-1-3-8(7)12(9)13(15)16;13-12-10-5-1-3-8(10)7-9-4-2-6-11(9)12;13-12-5-4-10-6-8-2-1-3-9(8)7-11(10)12;13-12-7-6-10-9-3-1-2-8(9)4-5-11(10)12;1-2-5-9-7-3-6-8(9)4-1;1-7(12(14)15)5(10)2(8)4(13)3(9)6(7)11;1-5(2)3-4-8-6-7;4-2-1-3(5)6;1-2-3;;/h4-5,8H,1-3,6-7H2;1-6,13H2;2*6H,1-5H2;7H,1-6,13H2;6-7H,1-5H2;4-5H,1-3,6-7H2;1-2,4-5H,3,6-7H2;1H3;5H,3-4H2,1-2H3;1-2H2;3H,2H2,1H3;1H4;1H. The average molecular weight is 2270 g/mol. The molecule has 764 valence electrons. The highest BCUT2D eigenvalue weighted by Crippen LogP contribution is 2.50. The summed E-state index contributed by atoms with van der Waals surface area (Å²) >= 11 is 27.7. The first-order chi connectivity index (χ1) is 68.1. The van der Waals surface area contributed by atoms with Gasteiger partial charge in [-0.05, 0) is 437 Å². The van der Waals surface area contributed by atoms with Gasteiger partial charge in [0.25, 0.3) is 22.6 Å². The number of nitro benzene ring substituents is 3. The van der Waals surface area contributed by atoms with Gasteiger partial charge < -0.3 is 21.4 Å². The van der Waals surface area contributed by atoms with Crippen LogP contribution in [0.3, 0.4) is 0 Å². The fraction of sp³-hybridized carbons (Fsp3) is 0.468. The molecule has 25 nitrogen and oxygen atoms in total. The summed E-state index contributed by atoms with van der Waals surface area (Å²) in [5.74, 6) is 1.84. The summed E-state index contributed by atoms with van der Waals surface area (Å²) in [4.78, 5) is 136. The molecule has 5 N–H and O–H groups in total. The van der Waals surface area contributed by atoms with Gasteiger partial charge in [0.15, 0.2) is 34.3 Å². The Hall–Kier alpha value is -9.72. The molecule has 0 aromatic heterocycles. The summed E-state index contributed by atoms with van der Waals surface area (Å²) in [6.45, 7) is 7.90. The zero-order chi connectivity index (χ0) is 103. The first kappa shape index (κ1) is 114. The second-order valence-corrected chi connectivity index (χ2v) is 42.6. The largest absolute Gasteiger partial charge is 0.398 e. The molecule has 0 radical (unpaired) electrons. The van der Waals surface area contributed by atoms with E-state index >= 15 is 0 Å². The highest BCUT2D eigenvalue weighted by Gasteiger charge is 2.51. The third-order valence-electron chi connectivity index (χ3n) is 28.9. The van der Waals surface area contributed by atoms with Crippen molar-refractivity contribution in [2.24, 2.45) is 11.3 Å². The first-order valence-electron chi connectivity index (χ1n) is 49.6. The van der Waals surface area contributed by atoms with E-state index in [1.165, 1.54) is 183 Å². The van der Waals surface area contributed by atoms with E-state index < -0.39 is 10.5 Å². The molecule has 143 heavy (non-hydrogen) atoms. The van der Waals surface area contributed by atoms with Crippen LogP contribution in [0.4, 0.5) is 28.4 Å². The minimum absolute atomic E-state index is 0. The average Bonchev–Trinajstić information content (AvgIpc) is 1.73. The Kier molecular flexibility index (Phi) is 42.2. The van der Waals surface area contributed by atoms with Crippen LogP contribution in [-0.4, -0.2) is 95.3 Å². The van der Waals surface area contributed by atoms with Crippen molar-refractivity contribution in [3.05, 3.63) is 310 Å². The number of aliphatic hydroxyl groups excluding tert-OH is 1. The molecule has 15 aliphatic rings. The SMILES string of the molecule is C.CC(C)CCON=O.CC1([N+](=O)[O-])C(Br)=C(Br)C(=O)C(Br)=C1Br.CCO.Nc1c2c(c([N+](=O)[O-])c3c1CCC3)CCC2.Nc1c2c(cc3c1CCC3)CCC2.O=C(CCCl)c1ccc2c(c1)CCC2.O=C(Cl)CCCl.O=C1CCc2c1cc1c(c2[N+](=O)[O-])CCC1.O=C1CCc2c1ccc1c2CCC1.O=C1CCc2cc3c(c([N+](=O)[O-])c21)CCC3.O=C1CCc2cc3c(cc21)CCC3.[HH].c1ccc2c(c1)CCC2. The number of hydrogen-bond donors (Lipinski definition) is 3. The topological polar surface area (TPSA) is 403 Å². The molecule has 0 heterocycles. The number of Topliss-reactive ketones (excluding diaryl/α,β-unsaturated/α-hetero) is 6. The fourth-order valence-corrected chi connectivity index (χ4v) is 25.1. The number of fused-ring (bicyclic) bond motifs is 15. The number of carbonyl (C=O) groups excluding carboxylic acids is 7. The summed E-state index contributed by atoms with van der Waals surface area (Å²) in [5.41, 5.74) is 47.2. The maximum atomic E-state index is 11.7. The Morgan fingerprint density at radius 1 is 0.427 bits per heavy atom. The maximum Gasteiger partial charge on any atom is 0.284 e. The lowest BCUT2D eigenvalue weighted by Gasteiger charge is -2.25. The van der Waals surface area contributed by atoms with Crippen molar-refractivity contribution >= 4 is 167 Å². The van der Waals surface area contributed by atoms with Crippen LogP contribution in [-0.2, 0) is 169 Å². The van der Waals surface area contributed by atoms with E-state index in [2.05, 4.69) is 142 Å². The lowest BCUT2D eigenvalue weighted by molar-refractivity contribution is -0.537. The number of nitro groups is 4. The third-order valence-corrected chi connectivity index (χ3v) is 34.4. The van der Waals surface area contributed by atoms with Gasteiger partial charge in [0.05, 0.1) is 38.3 Å². The molecule has 23 rings (SSSR count). The van der Waals surface area contributed by atoms with Crippen molar-refractivity contribution < 1.29 is 64.6 Å². The Bertz CT molecular complexity index is 6210. The van der Waals surface area contributed by atoms with E-state index in [0.29, 0.717) is 90.3 Å². The van der Waals surface area contributed by atoms with Crippen molar-refractivity contribution in [2.75, 3.05) is 36.4 Å². The first-order valence-corrected chi connectivity index (χ1v) is 54.2. The molecular formula is C111H128Br4Cl3N7O18. The molecule has 0 spiro atoms. The predicted octanol–water partition coefficient (Wildman–Crippen LogP) is 26.2. The predicted molar refractivity (Wildman–Crippen MR) is 580 cm³/mol. The minimum atomic E-state index is -1.48. The van der Waals surface area contributed by atoms with Crippen molar-refractivity contribution in [3.8, 4) is 0 Å². The van der Waals surface area contributed by atoms with E-state index in [1.54, 1.807) is 18.1 Å². The molecule has 8 aromatic carbocycles. The van der Waals surface area contributed by atoms with Crippen LogP contribution in [0.25, 0.3) is 0 Å². The molecule has 0 aliphatic heterocycles. The number of halogens is 7. The molecule has 32 heteroatoms. The number of nitrogens with zero attached hydrogens (tertiary/aromatic N) is 5. The second-order valence-electron chi connectivity index (χ2n) is 38.3. The van der Waals surface area contributed by atoms with Gasteiger partial charge in [-0.15, -0.1) is 28.1 Å². The molecule has 0 saturated heterocycles. The van der Waals surface area contributed by atoms with Gasteiger partial charge in [-0.1, -0.05) is 88.0 Å². The van der Waals surface area contributed by atoms with Gasteiger partial charge in [0.1, 0.15) is 6.61 Å². The molecule has 15 aliphatic carbocycles. The molecule has 0 unspecified atom stereocenters. The van der Waals surface area contributed by atoms with Gasteiger partial charge in [-0.25, -0.2) is 0 Å².